The molecule has 0 saturated carbocycles. The number of aromatic nitrogens is 2. The van der Waals surface area contributed by atoms with Gasteiger partial charge >= 0.3 is 11.6 Å². The van der Waals surface area contributed by atoms with E-state index in [2.05, 4.69) is 5.27 Å². The second kappa shape index (κ2) is 5.37. The molecule has 1 saturated heterocycles. The Morgan fingerprint density at radius 2 is 2.35 bits per heavy atom. The van der Waals surface area contributed by atoms with E-state index in [1.165, 1.54) is 11.9 Å². The van der Waals surface area contributed by atoms with Crippen molar-refractivity contribution in [3.8, 4) is 0 Å². The standard InChI is InChI=1S/C9H14N4O3S/c1-15-6-7(14)8-9(10)16-11-13(8)12-2-4-17-5-3-12/h2-6H2,1H3,(H-,10,11,14)/p+1. The van der Waals surface area contributed by atoms with Crippen molar-refractivity contribution in [2.75, 3.05) is 49.1 Å². The molecule has 1 aromatic heterocycles. The van der Waals surface area contributed by atoms with Gasteiger partial charge in [0.1, 0.15) is 6.61 Å². The summed E-state index contributed by atoms with van der Waals surface area (Å²) in [6, 6.07) is 0. The van der Waals surface area contributed by atoms with E-state index in [1.54, 1.807) is 0 Å². The second-order valence-corrected chi connectivity index (χ2v) is 4.82. The van der Waals surface area contributed by atoms with E-state index in [-0.39, 0.29) is 24.0 Å². The van der Waals surface area contributed by atoms with Crippen LogP contribution in [0.3, 0.4) is 0 Å². The van der Waals surface area contributed by atoms with Crippen LogP contribution < -0.4 is 15.5 Å². The molecule has 2 heterocycles. The molecule has 1 aliphatic heterocycles. The van der Waals surface area contributed by atoms with E-state index in [4.69, 9.17) is 15.0 Å². The SMILES string of the molecule is COCC(=O)c1c(N)on[n+]1N1CCSCC1. The van der Waals surface area contributed by atoms with E-state index in [1.807, 2.05) is 16.8 Å². The summed E-state index contributed by atoms with van der Waals surface area (Å²) < 4.78 is 9.70. The first kappa shape index (κ1) is 12.2. The zero-order valence-electron chi connectivity index (χ0n) is 9.59. The molecule has 8 heteroatoms. The highest BCUT2D eigenvalue weighted by Gasteiger charge is 2.35. The van der Waals surface area contributed by atoms with Gasteiger partial charge in [0.15, 0.2) is 0 Å². The van der Waals surface area contributed by atoms with Gasteiger partial charge in [0.25, 0.3) is 5.78 Å². The smallest absolute Gasteiger partial charge is 0.376 e. The lowest BCUT2D eigenvalue weighted by atomic mass is 10.3. The number of hydrogen-bond acceptors (Lipinski definition) is 7. The quantitative estimate of drug-likeness (QED) is 0.551. The van der Waals surface area contributed by atoms with Crippen LogP contribution in [0.15, 0.2) is 4.52 Å². The highest BCUT2D eigenvalue weighted by atomic mass is 32.2. The highest BCUT2D eigenvalue weighted by molar-refractivity contribution is 7.99. The first-order valence-corrected chi connectivity index (χ1v) is 6.42. The Bertz CT molecular complexity index is 403. The lowest BCUT2D eigenvalue weighted by molar-refractivity contribution is -0.759. The van der Waals surface area contributed by atoms with Crippen LogP contribution in [-0.4, -0.2) is 49.4 Å². The van der Waals surface area contributed by atoms with Crippen LogP contribution in [0.25, 0.3) is 0 Å². The monoisotopic (exact) mass is 259 g/mol. The van der Waals surface area contributed by atoms with Crippen molar-refractivity contribution in [1.82, 2.24) is 5.27 Å². The normalized spacial score (nSPS) is 16.2. The van der Waals surface area contributed by atoms with E-state index >= 15 is 0 Å². The van der Waals surface area contributed by atoms with Gasteiger partial charge in [-0.25, -0.2) is 0 Å². The van der Waals surface area contributed by atoms with Crippen LogP contribution in [0.5, 0.6) is 0 Å². The molecule has 0 spiro atoms. The summed E-state index contributed by atoms with van der Waals surface area (Å²) in [5.41, 5.74) is 5.88. The Kier molecular flexibility index (Phi) is 3.85. The van der Waals surface area contributed by atoms with Gasteiger partial charge in [-0.3, -0.25) is 9.32 Å². The number of Topliss-reactive ketones (excluding diaryl/α,β-unsaturated/α-hetero) is 1. The topological polar surface area (TPSA) is 85.5 Å². The predicted molar refractivity (Wildman–Crippen MR) is 62.6 cm³/mol. The molecule has 17 heavy (non-hydrogen) atoms. The Morgan fingerprint density at radius 3 is 3.00 bits per heavy atom. The number of ether oxygens (including phenoxy) is 1. The summed E-state index contributed by atoms with van der Waals surface area (Å²) in [5, 5.41) is 5.74. The number of hydrogen-bond donors (Lipinski definition) is 1. The number of nitrogens with zero attached hydrogens (tertiary/aromatic N) is 3. The zero-order chi connectivity index (χ0) is 12.3. The van der Waals surface area contributed by atoms with E-state index in [0.717, 1.165) is 24.6 Å². The van der Waals surface area contributed by atoms with Crippen molar-refractivity contribution in [2.45, 2.75) is 0 Å². The molecule has 7 nitrogen and oxygen atoms in total. The number of carbonyl (C=O) groups excluding carboxylic acids is 1. The van der Waals surface area contributed by atoms with Gasteiger partial charge < -0.3 is 10.5 Å². The van der Waals surface area contributed by atoms with Crippen molar-refractivity contribution in [1.29, 1.82) is 0 Å². The Morgan fingerprint density at radius 1 is 1.65 bits per heavy atom. The van der Waals surface area contributed by atoms with Gasteiger partial charge in [-0.15, -0.1) is 0 Å². The number of nitrogens with two attached hydrogens (primary N) is 1. The van der Waals surface area contributed by atoms with Gasteiger partial charge in [0.05, 0.1) is 17.9 Å². The summed E-state index contributed by atoms with van der Waals surface area (Å²) in [4.78, 5) is 13.3. The zero-order valence-corrected chi connectivity index (χ0v) is 10.4. The van der Waals surface area contributed by atoms with Crippen molar-refractivity contribution in [3.05, 3.63) is 5.69 Å². The van der Waals surface area contributed by atoms with Crippen molar-refractivity contribution < 1.29 is 18.8 Å². The maximum atomic E-state index is 11.8. The van der Waals surface area contributed by atoms with Crippen LogP contribution in [0.4, 0.5) is 5.88 Å². The molecular formula is C9H15N4O3S+. The lowest BCUT2D eigenvalue weighted by Gasteiger charge is -2.18. The molecule has 94 valence electrons. The number of nitrogen functional groups attached to an aromatic ring is 1. The minimum absolute atomic E-state index is 0.0327. The number of ketones is 1. The predicted octanol–water partition coefficient (Wildman–Crippen LogP) is -0.942. The minimum Gasteiger partial charge on any atom is -0.376 e. The first-order chi connectivity index (χ1) is 8.24. The summed E-state index contributed by atoms with van der Waals surface area (Å²) in [6.45, 7) is 1.59. The van der Waals surface area contributed by atoms with Gasteiger partial charge in [-0.05, 0) is 0 Å². The maximum absolute atomic E-state index is 11.8. The van der Waals surface area contributed by atoms with E-state index in [0.29, 0.717) is 0 Å². The van der Waals surface area contributed by atoms with E-state index in [9.17, 15) is 4.79 Å². The maximum Gasteiger partial charge on any atom is 0.376 e. The van der Waals surface area contributed by atoms with E-state index < -0.39 is 0 Å². The largest absolute Gasteiger partial charge is 0.376 e. The van der Waals surface area contributed by atoms with Crippen LogP contribution in [-0.2, 0) is 4.74 Å². The number of methoxy groups -OCH3 is 1. The molecule has 0 unspecified atom stereocenters. The highest BCUT2D eigenvalue weighted by Crippen LogP contribution is 2.09. The average Bonchev–Trinajstić information content (AvgIpc) is 2.73. The summed E-state index contributed by atoms with van der Waals surface area (Å²) in [6.07, 6.45) is 0. The minimum atomic E-state index is -0.232. The first-order valence-electron chi connectivity index (χ1n) is 5.26. The number of anilines is 1. The number of thioether (sulfide) groups is 1. The molecule has 2 rings (SSSR count). The second-order valence-electron chi connectivity index (χ2n) is 3.60. The molecule has 1 aliphatic rings. The molecular weight excluding hydrogens is 244 g/mol. The van der Waals surface area contributed by atoms with Crippen LogP contribution in [0.2, 0.25) is 0 Å². The number of carbonyl (C=O) groups is 1. The van der Waals surface area contributed by atoms with Gasteiger partial charge in [0.2, 0.25) is 5.27 Å². The summed E-state index contributed by atoms with van der Waals surface area (Å²) in [5.74, 6) is 1.80. The van der Waals surface area contributed by atoms with Gasteiger partial charge in [0, 0.05) is 18.6 Å². The van der Waals surface area contributed by atoms with Gasteiger partial charge in [-0.1, -0.05) is 0 Å². The third-order valence-corrected chi connectivity index (χ3v) is 3.39. The Labute approximate surface area is 103 Å². The fourth-order valence-corrected chi connectivity index (χ4v) is 2.53. The molecule has 0 bridgehead atoms. The van der Waals surface area contributed by atoms with Crippen LogP contribution in [0.1, 0.15) is 10.5 Å². The molecule has 0 amide bonds. The summed E-state index contributed by atoms with van der Waals surface area (Å²) in [7, 11) is 1.46. The van der Waals surface area contributed by atoms with Crippen molar-refractivity contribution in [2.24, 2.45) is 0 Å². The molecule has 0 aromatic carbocycles. The Hall–Kier alpha value is -1.28. The lowest BCUT2D eigenvalue weighted by Crippen LogP contribution is -2.64. The fraction of sp³-hybridized carbons (Fsp3) is 0.667. The Balaban J connectivity index is 2.24. The molecule has 1 aromatic rings. The number of rotatable bonds is 4. The van der Waals surface area contributed by atoms with Gasteiger partial charge in [-0.2, -0.15) is 16.8 Å². The molecule has 0 radical (unpaired) electrons. The molecule has 2 N–H and O–H groups in total. The molecule has 1 fully saturated rings. The van der Waals surface area contributed by atoms with Crippen LogP contribution >= 0.6 is 11.8 Å². The molecule has 0 aliphatic carbocycles. The fourth-order valence-electron chi connectivity index (χ4n) is 1.65. The van der Waals surface area contributed by atoms with Crippen LogP contribution in [0, 0.1) is 0 Å². The van der Waals surface area contributed by atoms with Crippen molar-refractivity contribution in [3.63, 3.8) is 0 Å². The third-order valence-electron chi connectivity index (χ3n) is 2.44. The summed E-state index contributed by atoms with van der Waals surface area (Å²) >= 11 is 1.87. The average molecular weight is 259 g/mol. The molecule has 0 atom stereocenters. The third kappa shape index (κ3) is 2.52. The van der Waals surface area contributed by atoms with Crippen molar-refractivity contribution >= 4 is 23.4 Å².